The van der Waals surface area contributed by atoms with Crippen LogP contribution in [0.2, 0.25) is 0 Å². The molecule has 0 spiro atoms. The van der Waals surface area contributed by atoms with Crippen molar-refractivity contribution in [3.05, 3.63) is 84.2 Å². The highest BCUT2D eigenvalue weighted by Gasteiger charge is 2.07. The van der Waals surface area contributed by atoms with E-state index in [0.29, 0.717) is 0 Å². The first kappa shape index (κ1) is 15.0. The average molecular weight is 302 g/mol. The second-order valence-corrected chi connectivity index (χ2v) is 5.42. The Labute approximate surface area is 135 Å². The summed E-state index contributed by atoms with van der Waals surface area (Å²) in [4.78, 5) is 16.2. The third kappa shape index (κ3) is 3.64. The van der Waals surface area contributed by atoms with Gasteiger partial charge in [0.15, 0.2) is 0 Å². The van der Waals surface area contributed by atoms with E-state index in [4.69, 9.17) is 0 Å². The molecule has 3 nitrogen and oxygen atoms in total. The van der Waals surface area contributed by atoms with Crippen LogP contribution in [0.4, 0.5) is 0 Å². The van der Waals surface area contributed by atoms with E-state index in [1.807, 2.05) is 49.4 Å². The first-order chi connectivity index (χ1) is 11.2. The molecule has 0 bridgehead atoms. The molecule has 2 aromatic carbocycles. The SMILES string of the molecule is CC(NC(=O)/C=C/c1cccc2ccccc12)c1cccnc1. The first-order valence-electron chi connectivity index (χ1n) is 7.60. The highest BCUT2D eigenvalue weighted by atomic mass is 16.1. The lowest BCUT2D eigenvalue weighted by Gasteiger charge is -2.12. The van der Waals surface area contributed by atoms with Crippen molar-refractivity contribution >= 4 is 22.8 Å². The van der Waals surface area contributed by atoms with Crippen molar-refractivity contribution in [3.63, 3.8) is 0 Å². The summed E-state index contributed by atoms with van der Waals surface area (Å²) in [6.07, 6.45) is 6.92. The van der Waals surface area contributed by atoms with Crippen LogP contribution in [0.25, 0.3) is 16.8 Å². The number of hydrogen-bond acceptors (Lipinski definition) is 2. The van der Waals surface area contributed by atoms with Gasteiger partial charge >= 0.3 is 0 Å². The number of nitrogens with one attached hydrogen (secondary N) is 1. The molecule has 0 fully saturated rings. The van der Waals surface area contributed by atoms with Gasteiger partial charge in [-0.15, -0.1) is 0 Å². The molecule has 1 unspecified atom stereocenters. The van der Waals surface area contributed by atoms with E-state index < -0.39 is 0 Å². The minimum atomic E-state index is -0.116. The van der Waals surface area contributed by atoms with Crippen molar-refractivity contribution in [1.82, 2.24) is 10.3 Å². The molecule has 3 heteroatoms. The maximum atomic E-state index is 12.1. The highest BCUT2D eigenvalue weighted by molar-refractivity contribution is 5.96. The first-order valence-corrected chi connectivity index (χ1v) is 7.60. The maximum Gasteiger partial charge on any atom is 0.244 e. The van der Waals surface area contributed by atoms with Crippen LogP contribution < -0.4 is 5.32 Å². The van der Waals surface area contributed by atoms with Gasteiger partial charge in [-0.2, -0.15) is 0 Å². The van der Waals surface area contributed by atoms with Crippen molar-refractivity contribution in [2.45, 2.75) is 13.0 Å². The Morgan fingerprint density at radius 2 is 1.91 bits per heavy atom. The predicted molar refractivity (Wildman–Crippen MR) is 93.8 cm³/mol. The molecule has 0 radical (unpaired) electrons. The van der Waals surface area contributed by atoms with Crippen LogP contribution >= 0.6 is 0 Å². The van der Waals surface area contributed by atoms with Crippen LogP contribution in [-0.2, 0) is 4.79 Å². The molecule has 1 aromatic heterocycles. The molecule has 114 valence electrons. The Morgan fingerprint density at radius 3 is 2.74 bits per heavy atom. The molecule has 0 aliphatic carbocycles. The molecule has 3 aromatic rings. The highest BCUT2D eigenvalue weighted by Crippen LogP contribution is 2.19. The van der Waals surface area contributed by atoms with Gasteiger partial charge in [-0.25, -0.2) is 0 Å². The number of nitrogens with zero attached hydrogens (tertiary/aromatic N) is 1. The standard InChI is InChI=1S/C20H18N2O/c1-15(18-9-5-13-21-14-18)22-20(23)12-11-17-8-4-7-16-6-2-3-10-19(16)17/h2-15H,1H3,(H,22,23)/b12-11+. The van der Waals surface area contributed by atoms with Crippen molar-refractivity contribution < 1.29 is 4.79 Å². The summed E-state index contributed by atoms with van der Waals surface area (Å²) in [7, 11) is 0. The summed E-state index contributed by atoms with van der Waals surface area (Å²) >= 11 is 0. The quantitative estimate of drug-likeness (QED) is 0.736. The van der Waals surface area contributed by atoms with Crippen LogP contribution in [0.5, 0.6) is 0 Å². The van der Waals surface area contributed by atoms with Crippen molar-refractivity contribution in [3.8, 4) is 0 Å². The zero-order valence-corrected chi connectivity index (χ0v) is 12.9. The van der Waals surface area contributed by atoms with E-state index in [1.54, 1.807) is 18.5 Å². The average Bonchev–Trinajstić information content (AvgIpc) is 2.60. The Kier molecular flexibility index (Phi) is 4.48. The van der Waals surface area contributed by atoms with Gasteiger partial charge < -0.3 is 5.32 Å². The van der Waals surface area contributed by atoms with Crippen LogP contribution in [0, 0.1) is 0 Å². The van der Waals surface area contributed by atoms with Crippen LogP contribution in [0.1, 0.15) is 24.1 Å². The summed E-state index contributed by atoms with van der Waals surface area (Å²) in [6, 6.07) is 18.0. The van der Waals surface area contributed by atoms with Gasteiger partial charge in [-0.1, -0.05) is 48.5 Å². The zero-order valence-electron chi connectivity index (χ0n) is 12.9. The Hall–Kier alpha value is -2.94. The number of hydrogen-bond donors (Lipinski definition) is 1. The minimum absolute atomic E-state index is 0.0756. The lowest BCUT2D eigenvalue weighted by molar-refractivity contribution is -0.117. The number of aromatic nitrogens is 1. The van der Waals surface area contributed by atoms with Gasteiger partial charge in [0.25, 0.3) is 0 Å². The molecular weight excluding hydrogens is 284 g/mol. The molecule has 0 saturated heterocycles. The van der Waals surface area contributed by atoms with Crippen LogP contribution in [0.15, 0.2) is 73.1 Å². The van der Waals surface area contributed by atoms with E-state index in [1.165, 1.54) is 5.39 Å². The molecule has 23 heavy (non-hydrogen) atoms. The molecule has 0 aliphatic heterocycles. The summed E-state index contributed by atoms with van der Waals surface area (Å²) in [5.41, 5.74) is 2.02. The number of fused-ring (bicyclic) bond motifs is 1. The third-order valence-corrected chi connectivity index (χ3v) is 3.78. The van der Waals surface area contributed by atoms with Gasteiger partial charge in [-0.3, -0.25) is 9.78 Å². The number of carbonyl (C=O) groups is 1. The summed E-state index contributed by atoms with van der Waals surface area (Å²) in [6.45, 7) is 1.95. The van der Waals surface area contributed by atoms with Crippen molar-refractivity contribution in [1.29, 1.82) is 0 Å². The smallest absolute Gasteiger partial charge is 0.244 e. The second-order valence-electron chi connectivity index (χ2n) is 5.42. The number of carbonyl (C=O) groups excluding carboxylic acids is 1. The summed E-state index contributed by atoms with van der Waals surface area (Å²) < 4.78 is 0. The lowest BCUT2D eigenvalue weighted by Crippen LogP contribution is -2.24. The molecule has 0 aliphatic rings. The fourth-order valence-corrected chi connectivity index (χ4v) is 2.54. The van der Waals surface area contributed by atoms with Gasteiger partial charge in [0.05, 0.1) is 6.04 Å². The fraction of sp³-hybridized carbons (Fsp3) is 0.100. The van der Waals surface area contributed by atoms with Gasteiger partial charge in [-0.05, 0) is 41.0 Å². The van der Waals surface area contributed by atoms with Crippen molar-refractivity contribution in [2.24, 2.45) is 0 Å². The maximum absolute atomic E-state index is 12.1. The molecule has 3 rings (SSSR count). The fourth-order valence-electron chi connectivity index (χ4n) is 2.54. The minimum Gasteiger partial charge on any atom is -0.346 e. The monoisotopic (exact) mass is 302 g/mol. The van der Waals surface area contributed by atoms with Gasteiger partial charge in [0.1, 0.15) is 0 Å². The Bertz CT molecular complexity index is 835. The second kappa shape index (κ2) is 6.88. The number of benzene rings is 2. The molecule has 1 atom stereocenters. The molecule has 1 N–H and O–H groups in total. The molecule has 1 amide bonds. The summed E-state index contributed by atoms with van der Waals surface area (Å²) in [5, 5.41) is 5.25. The van der Waals surface area contributed by atoms with E-state index in [-0.39, 0.29) is 11.9 Å². The number of rotatable bonds is 4. The Morgan fingerprint density at radius 1 is 1.09 bits per heavy atom. The topological polar surface area (TPSA) is 42.0 Å². The van der Waals surface area contributed by atoms with E-state index in [0.717, 1.165) is 16.5 Å². The van der Waals surface area contributed by atoms with Gasteiger partial charge in [0.2, 0.25) is 5.91 Å². The lowest BCUT2D eigenvalue weighted by atomic mass is 10.0. The molecular formula is C20H18N2O. The normalized spacial score (nSPS) is 12.4. The van der Waals surface area contributed by atoms with E-state index in [9.17, 15) is 4.79 Å². The van der Waals surface area contributed by atoms with Crippen molar-refractivity contribution in [2.75, 3.05) is 0 Å². The Balaban J connectivity index is 1.73. The molecule has 1 heterocycles. The van der Waals surface area contributed by atoms with E-state index in [2.05, 4.69) is 28.5 Å². The largest absolute Gasteiger partial charge is 0.346 e. The molecule has 0 saturated carbocycles. The number of pyridine rings is 1. The van der Waals surface area contributed by atoms with Gasteiger partial charge in [0, 0.05) is 18.5 Å². The predicted octanol–water partition coefficient (Wildman–Crippen LogP) is 4.13. The number of amides is 1. The third-order valence-electron chi connectivity index (χ3n) is 3.78. The van der Waals surface area contributed by atoms with Crippen LogP contribution in [-0.4, -0.2) is 10.9 Å². The zero-order chi connectivity index (χ0) is 16.1. The summed E-state index contributed by atoms with van der Waals surface area (Å²) in [5.74, 6) is -0.116. The van der Waals surface area contributed by atoms with E-state index >= 15 is 0 Å². The van der Waals surface area contributed by atoms with Crippen LogP contribution in [0.3, 0.4) is 0 Å².